The van der Waals surface area contributed by atoms with Crippen molar-refractivity contribution < 1.29 is 31.1 Å². The predicted octanol–water partition coefficient (Wildman–Crippen LogP) is 3.36. The van der Waals surface area contributed by atoms with E-state index >= 15 is 0 Å². The third-order valence-electron chi connectivity index (χ3n) is 3.88. The van der Waals surface area contributed by atoms with Gasteiger partial charge in [-0.05, 0) is 36.4 Å². The van der Waals surface area contributed by atoms with Crippen molar-refractivity contribution >= 4 is 21.6 Å². The molecule has 0 heterocycles. The Morgan fingerprint density at radius 1 is 1.11 bits per heavy atom. The van der Waals surface area contributed by atoms with Crippen LogP contribution in [0.1, 0.15) is 12.5 Å². The van der Waals surface area contributed by atoms with E-state index in [1.54, 1.807) is 0 Å². The van der Waals surface area contributed by atoms with Crippen molar-refractivity contribution in [3.8, 4) is 5.75 Å². The minimum atomic E-state index is -4.65. The summed E-state index contributed by atoms with van der Waals surface area (Å²) in [4.78, 5) is 12.2. The number of halogens is 3. The molecule has 0 bridgehead atoms. The van der Waals surface area contributed by atoms with Gasteiger partial charge in [0.15, 0.2) is 0 Å². The Balaban J connectivity index is 2.19. The molecule has 0 radical (unpaired) electrons. The number of anilines is 1. The van der Waals surface area contributed by atoms with E-state index in [1.807, 2.05) is 0 Å². The van der Waals surface area contributed by atoms with Gasteiger partial charge in [0.05, 0.1) is 29.8 Å². The van der Waals surface area contributed by atoms with Gasteiger partial charge in [-0.2, -0.15) is 17.5 Å². The third-order valence-corrected chi connectivity index (χ3v) is 5.81. The monoisotopic (exact) mass is 416 g/mol. The Hall–Kier alpha value is -2.59. The first-order valence-corrected chi connectivity index (χ1v) is 9.64. The first-order valence-electron chi connectivity index (χ1n) is 8.20. The molecule has 0 atom stereocenters. The molecule has 2 aromatic carbocycles. The van der Waals surface area contributed by atoms with Crippen molar-refractivity contribution in [2.24, 2.45) is 0 Å². The summed E-state index contributed by atoms with van der Waals surface area (Å²) < 4.78 is 70.3. The second-order valence-corrected chi connectivity index (χ2v) is 7.64. The molecule has 1 amide bonds. The molecule has 0 saturated carbocycles. The van der Waals surface area contributed by atoms with Crippen molar-refractivity contribution in [2.45, 2.75) is 18.0 Å². The number of likely N-dealkylation sites (N-methyl/N-ethyl adjacent to an activating group) is 1. The molecule has 2 aromatic rings. The van der Waals surface area contributed by atoms with Crippen LogP contribution in [0.2, 0.25) is 0 Å². The highest BCUT2D eigenvalue weighted by Crippen LogP contribution is 2.34. The number of amides is 1. The molecular weight excluding hydrogens is 397 g/mol. The van der Waals surface area contributed by atoms with Crippen LogP contribution in [0.15, 0.2) is 53.4 Å². The van der Waals surface area contributed by atoms with Crippen LogP contribution in [-0.4, -0.2) is 38.8 Å². The van der Waals surface area contributed by atoms with Crippen LogP contribution in [0.5, 0.6) is 5.75 Å². The van der Waals surface area contributed by atoms with Gasteiger partial charge in [-0.3, -0.25) is 4.79 Å². The van der Waals surface area contributed by atoms with E-state index in [2.05, 4.69) is 5.32 Å². The first-order chi connectivity index (χ1) is 13.1. The summed E-state index contributed by atoms with van der Waals surface area (Å²) in [6.07, 6.45) is -4.65. The summed E-state index contributed by atoms with van der Waals surface area (Å²) in [5, 5.41) is 2.14. The van der Waals surface area contributed by atoms with Gasteiger partial charge in [-0.1, -0.05) is 19.1 Å². The van der Waals surface area contributed by atoms with Crippen molar-refractivity contribution in [1.29, 1.82) is 0 Å². The quantitative estimate of drug-likeness (QED) is 0.751. The fourth-order valence-corrected chi connectivity index (χ4v) is 3.86. The molecule has 0 saturated heterocycles. The zero-order valence-electron chi connectivity index (χ0n) is 15.2. The molecule has 10 heteroatoms. The number of carbonyl (C=O) groups excluding carboxylic acids is 1. The van der Waals surface area contributed by atoms with E-state index in [4.69, 9.17) is 4.74 Å². The molecule has 0 spiro atoms. The lowest BCUT2D eigenvalue weighted by Gasteiger charge is -2.21. The van der Waals surface area contributed by atoms with Gasteiger partial charge in [0.1, 0.15) is 5.75 Å². The Labute approximate surface area is 161 Å². The van der Waals surface area contributed by atoms with E-state index < -0.39 is 39.9 Å². The van der Waals surface area contributed by atoms with Crippen molar-refractivity contribution in [3.63, 3.8) is 0 Å². The first kappa shape index (κ1) is 21.7. The van der Waals surface area contributed by atoms with Crippen molar-refractivity contribution in [3.05, 3.63) is 54.1 Å². The lowest BCUT2D eigenvalue weighted by atomic mass is 10.1. The average Bonchev–Trinajstić information content (AvgIpc) is 2.65. The third kappa shape index (κ3) is 5.02. The molecule has 0 aliphatic carbocycles. The number of methoxy groups -OCH3 is 1. The van der Waals surface area contributed by atoms with Crippen LogP contribution >= 0.6 is 0 Å². The van der Waals surface area contributed by atoms with E-state index in [0.29, 0.717) is 5.75 Å². The fraction of sp³-hybridized carbons (Fsp3) is 0.278. The van der Waals surface area contributed by atoms with E-state index in [1.165, 1.54) is 50.4 Å². The number of nitrogens with one attached hydrogen (secondary N) is 1. The molecule has 1 N–H and O–H groups in total. The minimum absolute atomic E-state index is 0.0390. The summed E-state index contributed by atoms with van der Waals surface area (Å²) in [6, 6.07) is 10.1. The van der Waals surface area contributed by atoms with E-state index in [0.717, 1.165) is 16.4 Å². The molecule has 0 unspecified atom stereocenters. The summed E-state index contributed by atoms with van der Waals surface area (Å²) in [5.74, 6) is -0.417. The van der Waals surface area contributed by atoms with Gasteiger partial charge >= 0.3 is 6.18 Å². The number of benzene rings is 2. The van der Waals surface area contributed by atoms with Crippen LogP contribution in [0.3, 0.4) is 0 Å². The summed E-state index contributed by atoms with van der Waals surface area (Å²) in [7, 11) is -2.57. The van der Waals surface area contributed by atoms with Gasteiger partial charge in [0.25, 0.3) is 0 Å². The van der Waals surface area contributed by atoms with Crippen LogP contribution in [0, 0.1) is 0 Å². The number of hydrogen-bond acceptors (Lipinski definition) is 4. The van der Waals surface area contributed by atoms with E-state index in [-0.39, 0.29) is 11.4 Å². The number of carbonyl (C=O) groups is 1. The maximum atomic E-state index is 13.0. The molecular formula is C18H19F3N2O4S. The van der Waals surface area contributed by atoms with Crippen LogP contribution in [0.4, 0.5) is 18.9 Å². The van der Waals surface area contributed by atoms with Gasteiger partial charge < -0.3 is 10.1 Å². The highest BCUT2D eigenvalue weighted by Gasteiger charge is 2.34. The lowest BCUT2D eigenvalue weighted by molar-refractivity contribution is -0.137. The molecule has 0 aliphatic rings. The normalized spacial score (nSPS) is 12.1. The van der Waals surface area contributed by atoms with Crippen LogP contribution in [-0.2, 0) is 21.0 Å². The molecule has 2 rings (SSSR count). The van der Waals surface area contributed by atoms with Crippen LogP contribution < -0.4 is 10.1 Å². The fourth-order valence-electron chi connectivity index (χ4n) is 2.45. The summed E-state index contributed by atoms with van der Waals surface area (Å²) in [5.41, 5.74) is -1.44. The summed E-state index contributed by atoms with van der Waals surface area (Å²) in [6.45, 7) is 0.859. The molecule has 6 nitrogen and oxygen atoms in total. The lowest BCUT2D eigenvalue weighted by Crippen LogP contribution is -2.38. The summed E-state index contributed by atoms with van der Waals surface area (Å²) >= 11 is 0. The number of hydrogen-bond donors (Lipinski definition) is 1. The molecule has 152 valence electrons. The molecule has 28 heavy (non-hydrogen) atoms. The number of sulfonamides is 1. The minimum Gasteiger partial charge on any atom is -0.497 e. The topological polar surface area (TPSA) is 75.7 Å². The molecule has 0 fully saturated rings. The number of para-hydroxylation sites is 1. The molecule has 0 aromatic heterocycles. The highest BCUT2D eigenvalue weighted by molar-refractivity contribution is 7.89. The Morgan fingerprint density at radius 3 is 2.25 bits per heavy atom. The van der Waals surface area contributed by atoms with Gasteiger partial charge in [-0.25, -0.2) is 8.42 Å². The van der Waals surface area contributed by atoms with Gasteiger partial charge in [-0.15, -0.1) is 0 Å². The molecule has 0 aliphatic heterocycles. The van der Waals surface area contributed by atoms with Gasteiger partial charge in [0, 0.05) is 6.54 Å². The van der Waals surface area contributed by atoms with Crippen molar-refractivity contribution in [1.82, 2.24) is 4.31 Å². The second-order valence-electron chi connectivity index (χ2n) is 5.70. The predicted molar refractivity (Wildman–Crippen MR) is 97.5 cm³/mol. The van der Waals surface area contributed by atoms with Crippen LogP contribution in [0.25, 0.3) is 0 Å². The SMILES string of the molecule is CCN(CC(=O)Nc1ccccc1C(F)(F)F)S(=O)(=O)c1ccc(OC)cc1. The van der Waals surface area contributed by atoms with Crippen molar-refractivity contribution in [2.75, 3.05) is 25.5 Å². The standard InChI is InChI=1S/C18H19F3N2O4S/c1-3-23(28(25,26)14-10-8-13(27-2)9-11-14)12-17(24)22-16-7-5-4-6-15(16)18(19,20)21/h4-11H,3,12H2,1-2H3,(H,22,24). The maximum absolute atomic E-state index is 13.0. The van der Waals surface area contributed by atoms with Gasteiger partial charge in [0.2, 0.25) is 15.9 Å². The highest BCUT2D eigenvalue weighted by atomic mass is 32.2. The maximum Gasteiger partial charge on any atom is 0.418 e. The number of rotatable bonds is 7. The smallest absolute Gasteiger partial charge is 0.418 e. The Kier molecular flexibility index (Phi) is 6.68. The number of ether oxygens (including phenoxy) is 1. The Morgan fingerprint density at radius 2 is 1.71 bits per heavy atom. The zero-order chi connectivity index (χ0) is 20.9. The second kappa shape index (κ2) is 8.61. The van der Waals surface area contributed by atoms with E-state index in [9.17, 15) is 26.4 Å². The zero-order valence-corrected chi connectivity index (χ0v) is 16.0. The largest absolute Gasteiger partial charge is 0.497 e. The number of alkyl halides is 3. The Bertz CT molecular complexity index is 929. The average molecular weight is 416 g/mol. The number of nitrogens with zero attached hydrogens (tertiary/aromatic N) is 1.